The summed E-state index contributed by atoms with van der Waals surface area (Å²) >= 11 is 0. The van der Waals surface area contributed by atoms with Crippen molar-refractivity contribution in [3.8, 4) is 11.3 Å². The smallest absolute Gasteiger partial charge is 0.224 e. The third-order valence-electron chi connectivity index (χ3n) is 4.69. The zero-order chi connectivity index (χ0) is 18.4. The molecule has 0 saturated heterocycles. The molecule has 1 aliphatic rings. The van der Waals surface area contributed by atoms with Gasteiger partial charge in [0.05, 0.1) is 17.4 Å². The summed E-state index contributed by atoms with van der Waals surface area (Å²) in [5.41, 5.74) is 1.60. The number of hydrogen-bond donors (Lipinski definition) is 3. The molecule has 0 amide bonds. The first kappa shape index (κ1) is 18.5. The lowest BCUT2D eigenvalue weighted by Gasteiger charge is -2.27. The first-order valence-corrected chi connectivity index (χ1v) is 9.26. The van der Waals surface area contributed by atoms with Gasteiger partial charge in [-0.25, -0.2) is 9.37 Å². The number of hydrogen-bond acceptors (Lipinski definition) is 6. The molecule has 1 unspecified atom stereocenters. The number of pyridine rings is 1. The van der Waals surface area contributed by atoms with Crippen LogP contribution >= 0.6 is 0 Å². The highest BCUT2D eigenvalue weighted by molar-refractivity contribution is 5.72. The molecule has 2 aromatic heterocycles. The van der Waals surface area contributed by atoms with E-state index >= 15 is 0 Å². The van der Waals surface area contributed by atoms with Crippen molar-refractivity contribution in [3.63, 3.8) is 0 Å². The van der Waals surface area contributed by atoms with Gasteiger partial charge in [-0.15, -0.1) is 0 Å². The summed E-state index contributed by atoms with van der Waals surface area (Å²) in [5, 5.41) is 16.1. The van der Waals surface area contributed by atoms with Gasteiger partial charge in [0, 0.05) is 25.0 Å². The standard InChI is InChI=1S/C19H26FN5O/c1-2-13(20)11-22-19-23-12-16(17-5-3-4-10-21-17)18(25-19)24-14-6-8-15(26)9-7-14/h3-5,10,12-15,26H,2,6-9,11H2,1H3,(H2,22,23,24,25). The third kappa shape index (κ3) is 4.88. The Morgan fingerprint density at radius 3 is 2.73 bits per heavy atom. The fraction of sp³-hybridized carbons (Fsp3) is 0.526. The van der Waals surface area contributed by atoms with Crippen molar-refractivity contribution in [1.82, 2.24) is 15.0 Å². The van der Waals surface area contributed by atoms with Crippen LogP contribution in [0.4, 0.5) is 16.2 Å². The molecule has 2 aromatic rings. The maximum absolute atomic E-state index is 13.5. The number of alkyl halides is 1. The van der Waals surface area contributed by atoms with E-state index < -0.39 is 6.17 Å². The van der Waals surface area contributed by atoms with Crippen molar-refractivity contribution in [2.75, 3.05) is 17.2 Å². The van der Waals surface area contributed by atoms with Crippen molar-refractivity contribution in [3.05, 3.63) is 30.6 Å². The molecule has 0 radical (unpaired) electrons. The van der Waals surface area contributed by atoms with E-state index in [0.29, 0.717) is 18.2 Å². The molecule has 140 valence electrons. The van der Waals surface area contributed by atoms with E-state index in [1.54, 1.807) is 12.4 Å². The highest BCUT2D eigenvalue weighted by atomic mass is 19.1. The van der Waals surface area contributed by atoms with Crippen LogP contribution in [0.3, 0.4) is 0 Å². The number of nitrogens with one attached hydrogen (secondary N) is 2. The van der Waals surface area contributed by atoms with E-state index in [0.717, 1.165) is 36.9 Å². The minimum absolute atomic E-state index is 0.189. The van der Waals surface area contributed by atoms with Crippen LogP contribution in [0.2, 0.25) is 0 Å². The minimum Gasteiger partial charge on any atom is -0.393 e. The van der Waals surface area contributed by atoms with Gasteiger partial charge >= 0.3 is 0 Å². The zero-order valence-corrected chi connectivity index (χ0v) is 15.0. The van der Waals surface area contributed by atoms with Crippen LogP contribution < -0.4 is 10.6 Å². The normalized spacial score (nSPS) is 21.2. The van der Waals surface area contributed by atoms with E-state index in [1.807, 2.05) is 25.1 Å². The van der Waals surface area contributed by atoms with Crippen LogP contribution in [0.15, 0.2) is 30.6 Å². The molecule has 0 spiro atoms. The topological polar surface area (TPSA) is 83.0 Å². The van der Waals surface area contributed by atoms with Crippen molar-refractivity contribution in [2.45, 2.75) is 57.3 Å². The molecule has 1 saturated carbocycles. The van der Waals surface area contributed by atoms with Crippen molar-refractivity contribution in [2.24, 2.45) is 0 Å². The van der Waals surface area contributed by atoms with Crippen LogP contribution in [-0.4, -0.2) is 44.9 Å². The summed E-state index contributed by atoms with van der Waals surface area (Å²) in [6.07, 6.45) is 6.12. The van der Waals surface area contributed by atoms with Gasteiger partial charge in [0.15, 0.2) is 0 Å². The first-order chi connectivity index (χ1) is 12.7. The number of aliphatic hydroxyl groups excluding tert-OH is 1. The highest BCUT2D eigenvalue weighted by Gasteiger charge is 2.21. The van der Waals surface area contributed by atoms with Crippen molar-refractivity contribution < 1.29 is 9.50 Å². The monoisotopic (exact) mass is 359 g/mol. The average molecular weight is 359 g/mol. The molecule has 0 bridgehead atoms. The number of anilines is 2. The predicted molar refractivity (Wildman–Crippen MR) is 101 cm³/mol. The molecule has 2 heterocycles. The van der Waals surface area contributed by atoms with Gasteiger partial charge in [0.2, 0.25) is 5.95 Å². The molecule has 26 heavy (non-hydrogen) atoms. The molecule has 1 fully saturated rings. The number of rotatable bonds is 7. The Hall–Kier alpha value is -2.28. The van der Waals surface area contributed by atoms with Crippen molar-refractivity contribution in [1.29, 1.82) is 0 Å². The Morgan fingerprint density at radius 2 is 2.04 bits per heavy atom. The Kier molecular flexibility index (Phi) is 6.33. The number of nitrogens with zero attached hydrogens (tertiary/aromatic N) is 3. The fourth-order valence-electron chi connectivity index (χ4n) is 3.05. The molecule has 1 aliphatic carbocycles. The van der Waals surface area contributed by atoms with Gasteiger partial charge in [0.1, 0.15) is 12.0 Å². The summed E-state index contributed by atoms with van der Waals surface area (Å²) in [6.45, 7) is 2.00. The lowest BCUT2D eigenvalue weighted by molar-refractivity contribution is 0.126. The maximum Gasteiger partial charge on any atom is 0.224 e. The van der Waals surface area contributed by atoms with Gasteiger partial charge in [0.25, 0.3) is 0 Å². The first-order valence-electron chi connectivity index (χ1n) is 9.26. The molecule has 3 rings (SSSR count). The fourth-order valence-corrected chi connectivity index (χ4v) is 3.05. The van der Waals surface area contributed by atoms with E-state index in [2.05, 4.69) is 25.6 Å². The quantitative estimate of drug-likeness (QED) is 0.703. The molecule has 1 atom stereocenters. The van der Waals surface area contributed by atoms with Crippen LogP contribution in [0, 0.1) is 0 Å². The largest absolute Gasteiger partial charge is 0.393 e. The van der Waals surface area contributed by atoms with Crippen LogP contribution in [-0.2, 0) is 0 Å². The number of aliphatic hydroxyl groups is 1. The van der Waals surface area contributed by atoms with E-state index in [9.17, 15) is 9.50 Å². The van der Waals surface area contributed by atoms with Gasteiger partial charge < -0.3 is 15.7 Å². The van der Waals surface area contributed by atoms with Gasteiger partial charge in [-0.05, 0) is 44.2 Å². The van der Waals surface area contributed by atoms with E-state index in [-0.39, 0.29) is 18.7 Å². The molecular formula is C19H26FN5O. The van der Waals surface area contributed by atoms with Crippen LogP contribution in [0.1, 0.15) is 39.0 Å². The Labute approximate surface area is 153 Å². The van der Waals surface area contributed by atoms with E-state index in [4.69, 9.17) is 0 Å². The molecule has 0 aromatic carbocycles. The lowest BCUT2D eigenvalue weighted by atomic mass is 9.93. The summed E-state index contributed by atoms with van der Waals surface area (Å²) in [5.74, 6) is 1.09. The summed E-state index contributed by atoms with van der Waals surface area (Å²) < 4.78 is 13.5. The molecule has 7 heteroatoms. The summed E-state index contributed by atoms with van der Waals surface area (Å²) in [7, 11) is 0. The van der Waals surface area contributed by atoms with Crippen molar-refractivity contribution >= 4 is 11.8 Å². The Morgan fingerprint density at radius 1 is 1.23 bits per heavy atom. The third-order valence-corrected chi connectivity index (χ3v) is 4.69. The second-order valence-electron chi connectivity index (χ2n) is 6.71. The van der Waals surface area contributed by atoms with Gasteiger partial charge in [-0.3, -0.25) is 4.98 Å². The average Bonchev–Trinajstić information content (AvgIpc) is 2.68. The highest BCUT2D eigenvalue weighted by Crippen LogP contribution is 2.28. The Bertz CT molecular complexity index is 692. The molecule has 3 N–H and O–H groups in total. The van der Waals surface area contributed by atoms with Crippen LogP contribution in [0.25, 0.3) is 11.3 Å². The van der Waals surface area contributed by atoms with Gasteiger partial charge in [-0.1, -0.05) is 13.0 Å². The second-order valence-corrected chi connectivity index (χ2v) is 6.71. The second kappa shape index (κ2) is 8.89. The number of halogens is 1. The maximum atomic E-state index is 13.5. The van der Waals surface area contributed by atoms with E-state index in [1.165, 1.54) is 0 Å². The molecular weight excluding hydrogens is 333 g/mol. The lowest BCUT2D eigenvalue weighted by Crippen LogP contribution is -2.29. The zero-order valence-electron chi connectivity index (χ0n) is 15.0. The molecule has 0 aliphatic heterocycles. The van der Waals surface area contributed by atoms with Gasteiger partial charge in [-0.2, -0.15) is 4.98 Å². The number of aromatic nitrogens is 3. The Balaban J connectivity index is 1.81. The minimum atomic E-state index is -0.926. The summed E-state index contributed by atoms with van der Waals surface area (Å²) in [6, 6.07) is 5.94. The summed E-state index contributed by atoms with van der Waals surface area (Å²) in [4.78, 5) is 13.3. The predicted octanol–water partition coefficient (Wildman–Crippen LogP) is 3.41. The molecule has 6 nitrogen and oxygen atoms in total. The SMILES string of the molecule is CCC(F)CNc1ncc(-c2ccccn2)c(NC2CCC(O)CC2)n1. The van der Waals surface area contributed by atoms with Crippen LogP contribution in [0.5, 0.6) is 0 Å².